The molecule has 4 nitrogen and oxygen atoms in total. The molecule has 0 saturated heterocycles. The number of nitrogens with zero attached hydrogens (tertiary/aromatic N) is 1. The van der Waals surface area contributed by atoms with E-state index in [0.29, 0.717) is 0 Å². The Kier molecular flexibility index (Phi) is 3.59. The minimum Gasteiger partial charge on any atom is -0.398 e. The van der Waals surface area contributed by atoms with Crippen LogP contribution in [0.15, 0.2) is 23.1 Å². The van der Waals surface area contributed by atoms with Gasteiger partial charge in [-0.1, -0.05) is 12.8 Å². The van der Waals surface area contributed by atoms with Crippen LogP contribution >= 0.6 is 0 Å². The first-order chi connectivity index (χ1) is 8.43. The number of benzene rings is 1. The molecule has 6 heteroatoms. The van der Waals surface area contributed by atoms with Gasteiger partial charge in [0.1, 0.15) is 10.7 Å². The molecular formula is C12H17FN2O2S. The predicted octanol–water partition coefficient (Wildman–Crippen LogP) is 1.97. The fraction of sp³-hybridized carbons (Fsp3) is 0.500. The molecule has 100 valence electrons. The van der Waals surface area contributed by atoms with Crippen LogP contribution in [0.5, 0.6) is 0 Å². The van der Waals surface area contributed by atoms with Gasteiger partial charge in [-0.2, -0.15) is 4.31 Å². The second-order valence-corrected chi connectivity index (χ2v) is 6.61. The second-order valence-electron chi connectivity index (χ2n) is 4.64. The van der Waals surface area contributed by atoms with Crippen molar-refractivity contribution in [3.8, 4) is 0 Å². The monoisotopic (exact) mass is 272 g/mol. The van der Waals surface area contributed by atoms with Crippen LogP contribution in [0.2, 0.25) is 0 Å². The van der Waals surface area contributed by atoms with Crippen molar-refractivity contribution in [2.75, 3.05) is 12.8 Å². The molecule has 1 aromatic rings. The Hall–Kier alpha value is -1.14. The summed E-state index contributed by atoms with van der Waals surface area (Å²) in [5, 5.41) is 0. The minimum absolute atomic E-state index is 0.00216. The average molecular weight is 272 g/mol. The van der Waals surface area contributed by atoms with Gasteiger partial charge in [0.2, 0.25) is 10.0 Å². The molecule has 0 heterocycles. The van der Waals surface area contributed by atoms with Crippen molar-refractivity contribution in [3.05, 3.63) is 24.0 Å². The van der Waals surface area contributed by atoms with E-state index in [0.717, 1.165) is 37.8 Å². The van der Waals surface area contributed by atoms with Crippen molar-refractivity contribution >= 4 is 15.7 Å². The molecule has 18 heavy (non-hydrogen) atoms. The number of sulfonamides is 1. The van der Waals surface area contributed by atoms with Crippen molar-refractivity contribution in [2.24, 2.45) is 0 Å². The highest BCUT2D eigenvalue weighted by atomic mass is 32.2. The summed E-state index contributed by atoms with van der Waals surface area (Å²) >= 11 is 0. The van der Waals surface area contributed by atoms with Crippen LogP contribution in [0.3, 0.4) is 0 Å². The SMILES string of the molecule is CN(C1CCCC1)S(=O)(=O)c1cc(F)ccc1N. The fourth-order valence-electron chi connectivity index (χ4n) is 2.35. The van der Waals surface area contributed by atoms with Crippen LogP contribution in [0.1, 0.15) is 25.7 Å². The Labute approximate surface area is 107 Å². The van der Waals surface area contributed by atoms with E-state index in [-0.39, 0.29) is 16.6 Å². The molecule has 0 amide bonds. The molecule has 1 fully saturated rings. The van der Waals surface area contributed by atoms with Gasteiger partial charge in [0.15, 0.2) is 0 Å². The quantitative estimate of drug-likeness (QED) is 0.856. The van der Waals surface area contributed by atoms with E-state index >= 15 is 0 Å². The lowest BCUT2D eigenvalue weighted by atomic mass is 10.3. The van der Waals surface area contributed by atoms with Gasteiger partial charge in [-0.15, -0.1) is 0 Å². The van der Waals surface area contributed by atoms with E-state index in [1.807, 2.05) is 0 Å². The molecule has 1 saturated carbocycles. The number of nitrogens with two attached hydrogens (primary N) is 1. The zero-order valence-corrected chi connectivity index (χ0v) is 11.1. The van der Waals surface area contributed by atoms with Crippen LogP contribution < -0.4 is 5.73 Å². The van der Waals surface area contributed by atoms with Crippen molar-refractivity contribution in [2.45, 2.75) is 36.6 Å². The largest absolute Gasteiger partial charge is 0.398 e. The molecule has 0 atom stereocenters. The summed E-state index contributed by atoms with van der Waals surface area (Å²) in [4.78, 5) is -0.142. The van der Waals surface area contributed by atoms with Crippen molar-refractivity contribution in [1.29, 1.82) is 0 Å². The number of rotatable bonds is 3. The first-order valence-electron chi connectivity index (χ1n) is 5.96. The Balaban J connectivity index is 2.37. The molecule has 2 N–H and O–H groups in total. The maximum absolute atomic E-state index is 13.2. The highest BCUT2D eigenvalue weighted by Crippen LogP contribution is 2.29. The van der Waals surface area contributed by atoms with E-state index < -0.39 is 15.8 Å². The van der Waals surface area contributed by atoms with Crippen molar-refractivity contribution in [3.63, 3.8) is 0 Å². The lowest BCUT2D eigenvalue weighted by Gasteiger charge is -2.24. The molecule has 0 unspecified atom stereocenters. The molecule has 0 aliphatic heterocycles. The van der Waals surface area contributed by atoms with E-state index in [4.69, 9.17) is 5.73 Å². The zero-order chi connectivity index (χ0) is 13.3. The summed E-state index contributed by atoms with van der Waals surface area (Å²) in [5.74, 6) is -0.595. The maximum Gasteiger partial charge on any atom is 0.245 e. The molecule has 1 aliphatic rings. The van der Waals surface area contributed by atoms with Crippen molar-refractivity contribution in [1.82, 2.24) is 4.31 Å². The summed E-state index contributed by atoms with van der Waals surface area (Å²) in [5.41, 5.74) is 5.72. The first kappa shape index (κ1) is 13.3. The van der Waals surface area contributed by atoms with Gasteiger partial charge in [0.25, 0.3) is 0 Å². The van der Waals surface area contributed by atoms with Crippen LogP contribution in [0, 0.1) is 5.82 Å². The van der Waals surface area contributed by atoms with Crippen LogP contribution in [-0.2, 0) is 10.0 Å². The normalized spacial score (nSPS) is 17.5. The molecule has 2 rings (SSSR count). The third-order valence-corrected chi connectivity index (χ3v) is 5.44. The average Bonchev–Trinajstić information content (AvgIpc) is 2.84. The molecule has 0 bridgehead atoms. The van der Waals surface area contributed by atoms with Gasteiger partial charge >= 0.3 is 0 Å². The first-order valence-corrected chi connectivity index (χ1v) is 7.40. The second kappa shape index (κ2) is 4.85. The van der Waals surface area contributed by atoms with Gasteiger partial charge in [0.05, 0.1) is 5.69 Å². The van der Waals surface area contributed by atoms with Crippen LogP contribution in [0.4, 0.5) is 10.1 Å². The molecule has 0 spiro atoms. The van der Waals surface area contributed by atoms with Crippen LogP contribution in [0.25, 0.3) is 0 Å². The summed E-state index contributed by atoms with van der Waals surface area (Å²) in [6.07, 6.45) is 3.77. The lowest BCUT2D eigenvalue weighted by molar-refractivity contribution is 0.373. The smallest absolute Gasteiger partial charge is 0.245 e. The van der Waals surface area contributed by atoms with E-state index in [9.17, 15) is 12.8 Å². The molecular weight excluding hydrogens is 255 g/mol. The molecule has 1 aromatic carbocycles. The van der Waals surface area contributed by atoms with E-state index in [1.165, 1.54) is 17.4 Å². The number of hydrogen-bond donors (Lipinski definition) is 1. The number of nitrogen functional groups attached to an aromatic ring is 1. The summed E-state index contributed by atoms with van der Waals surface area (Å²) in [7, 11) is -2.17. The number of halogens is 1. The summed E-state index contributed by atoms with van der Waals surface area (Å²) in [6.45, 7) is 0. The Morgan fingerprint density at radius 1 is 1.33 bits per heavy atom. The maximum atomic E-state index is 13.2. The topological polar surface area (TPSA) is 63.4 Å². The van der Waals surface area contributed by atoms with E-state index in [2.05, 4.69) is 0 Å². The molecule has 0 radical (unpaired) electrons. The standard InChI is InChI=1S/C12H17FN2O2S/c1-15(10-4-2-3-5-10)18(16,17)12-8-9(13)6-7-11(12)14/h6-8,10H,2-5,14H2,1H3. The third-order valence-electron chi connectivity index (χ3n) is 3.47. The molecule has 1 aliphatic carbocycles. The van der Waals surface area contributed by atoms with Gasteiger partial charge in [0, 0.05) is 13.1 Å². The summed E-state index contributed by atoms with van der Waals surface area (Å²) < 4.78 is 39.2. The zero-order valence-electron chi connectivity index (χ0n) is 10.3. The number of hydrogen-bond acceptors (Lipinski definition) is 3. The van der Waals surface area contributed by atoms with Gasteiger partial charge in [-0.25, -0.2) is 12.8 Å². The Morgan fingerprint density at radius 2 is 1.94 bits per heavy atom. The van der Waals surface area contributed by atoms with Crippen LogP contribution in [-0.4, -0.2) is 25.8 Å². The predicted molar refractivity (Wildman–Crippen MR) is 68.0 cm³/mol. The minimum atomic E-state index is -3.71. The summed E-state index contributed by atoms with van der Waals surface area (Å²) in [6, 6.07) is 3.42. The van der Waals surface area contributed by atoms with Gasteiger partial charge in [-0.05, 0) is 31.0 Å². The Morgan fingerprint density at radius 3 is 2.56 bits per heavy atom. The third kappa shape index (κ3) is 2.35. The highest BCUT2D eigenvalue weighted by molar-refractivity contribution is 7.89. The fourth-order valence-corrected chi connectivity index (χ4v) is 3.89. The van der Waals surface area contributed by atoms with Crippen molar-refractivity contribution < 1.29 is 12.8 Å². The Bertz CT molecular complexity index is 539. The molecule has 0 aromatic heterocycles. The van der Waals surface area contributed by atoms with E-state index in [1.54, 1.807) is 0 Å². The lowest BCUT2D eigenvalue weighted by Crippen LogP contribution is -2.35. The van der Waals surface area contributed by atoms with Gasteiger partial charge in [-0.3, -0.25) is 0 Å². The number of anilines is 1. The highest BCUT2D eigenvalue weighted by Gasteiger charge is 2.31. The van der Waals surface area contributed by atoms with Gasteiger partial charge < -0.3 is 5.73 Å².